The predicted octanol–water partition coefficient (Wildman–Crippen LogP) is 4.07. The molecule has 1 atom stereocenters. The molecule has 0 aliphatic carbocycles. The third-order valence-electron chi connectivity index (χ3n) is 5.85. The Morgan fingerprint density at radius 1 is 0.914 bits per heavy atom. The van der Waals surface area contributed by atoms with Crippen LogP contribution in [0, 0.1) is 0 Å². The van der Waals surface area contributed by atoms with E-state index in [0.29, 0.717) is 22.6 Å². The van der Waals surface area contributed by atoms with Crippen LogP contribution in [0.1, 0.15) is 52.7 Å². The average Bonchev–Trinajstić information content (AvgIpc) is 3.30. The molecule has 2 N–H and O–H groups in total. The number of benzene rings is 3. The normalized spacial score (nSPS) is 13.5. The lowest BCUT2D eigenvalue weighted by molar-refractivity contribution is -0.120. The number of fused-ring (bicyclic) bond motifs is 1. The van der Waals surface area contributed by atoms with Crippen molar-refractivity contribution in [2.75, 3.05) is 6.79 Å². The molecule has 0 radical (unpaired) electrons. The SMILES string of the molecule is CC(C)c1ccc(S(=O)(=O)NC(=O)C(Cc2ccc(C(=O)O)cc2)c2ccc3c(c2)OCO3)cc1. The quantitative estimate of drug-likeness (QED) is 0.483. The first-order valence-corrected chi connectivity index (χ1v) is 12.5. The van der Waals surface area contributed by atoms with E-state index >= 15 is 0 Å². The van der Waals surface area contributed by atoms with E-state index in [1.807, 2.05) is 13.8 Å². The summed E-state index contributed by atoms with van der Waals surface area (Å²) < 4.78 is 38.9. The molecule has 0 spiro atoms. The van der Waals surface area contributed by atoms with Crippen molar-refractivity contribution >= 4 is 21.9 Å². The highest BCUT2D eigenvalue weighted by atomic mass is 32.2. The van der Waals surface area contributed by atoms with Crippen molar-refractivity contribution in [3.05, 3.63) is 89.0 Å². The van der Waals surface area contributed by atoms with Gasteiger partial charge in [-0.2, -0.15) is 0 Å². The summed E-state index contributed by atoms with van der Waals surface area (Å²) in [6.45, 7) is 4.07. The molecule has 1 amide bonds. The molecule has 1 aliphatic heterocycles. The molecule has 1 aliphatic rings. The van der Waals surface area contributed by atoms with Crippen LogP contribution in [0.4, 0.5) is 0 Å². The number of aromatic carboxylic acids is 1. The first kappa shape index (κ1) is 24.3. The number of amides is 1. The summed E-state index contributed by atoms with van der Waals surface area (Å²) in [4.78, 5) is 24.5. The minimum absolute atomic E-state index is 0.00880. The molecular weight excluding hydrogens is 470 g/mol. The second-order valence-electron chi connectivity index (χ2n) is 8.56. The van der Waals surface area contributed by atoms with Gasteiger partial charge in [0.05, 0.1) is 16.4 Å². The summed E-state index contributed by atoms with van der Waals surface area (Å²) in [5, 5.41) is 9.14. The lowest BCUT2D eigenvalue weighted by atomic mass is 9.91. The predicted molar refractivity (Wildman–Crippen MR) is 128 cm³/mol. The molecule has 0 bridgehead atoms. The minimum Gasteiger partial charge on any atom is -0.478 e. The number of ether oxygens (including phenoxy) is 2. The van der Waals surface area contributed by atoms with Crippen LogP contribution < -0.4 is 14.2 Å². The molecule has 182 valence electrons. The van der Waals surface area contributed by atoms with Gasteiger partial charge in [0.25, 0.3) is 10.0 Å². The Labute approximate surface area is 203 Å². The van der Waals surface area contributed by atoms with Crippen molar-refractivity contribution < 1.29 is 32.6 Å². The van der Waals surface area contributed by atoms with Crippen LogP contribution in [-0.4, -0.2) is 32.2 Å². The van der Waals surface area contributed by atoms with Crippen LogP contribution >= 0.6 is 0 Å². The standard InChI is InChI=1S/C26H25NO7S/c1-16(2)18-7-10-21(11-8-18)35(31,32)27-25(28)22(13-17-3-5-19(6-4-17)26(29)30)20-9-12-23-24(14-20)34-15-33-23/h3-12,14,16,22H,13,15H2,1-2H3,(H,27,28)(H,29,30). The van der Waals surface area contributed by atoms with E-state index in [2.05, 4.69) is 4.72 Å². The van der Waals surface area contributed by atoms with Crippen molar-refractivity contribution in [2.45, 2.75) is 37.0 Å². The van der Waals surface area contributed by atoms with E-state index in [4.69, 9.17) is 14.6 Å². The van der Waals surface area contributed by atoms with Gasteiger partial charge in [-0.3, -0.25) is 4.79 Å². The van der Waals surface area contributed by atoms with Crippen molar-refractivity contribution in [3.63, 3.8) is 0 Å². The summed E-state index contributed by atoms with van der Waals surface area (Å²) in [5.74, 6) is -1.41. The van der Waals surface area contributed by atoms with Crippen LogP contribution in [0.2, 0.25) is 0 Å². The summed E-state index contributed by atoms with van der Waals surface area (Å²) in [5.41, 5.74) is 2.31. The highest BCUT2D eigenvalue weighted by Gasteiger charge is 2.28. The zero-order valence-electron chi connectivity index (χ0n) is 19.2. The number of carboxylic acid groups (broad SMARTS) is 1. The lowest BCUT2D eigenvalue weighted by Gasteiger charge is -2.18. The van der Waals surface area contributed by atoms with Crippen LogP contribution in [0.15, 0.2) is 71.6 Å². The third-order valence-corrected chi connectivity index (χ3v) is 7.21. The monoisotopic (exact) mass is 495 g/mol. The maximum absolute atomic E-state index is 13.3. The number of carbonyl (C=O) groups excluding carboxylic acids is 1. The third kappa shape index (κ3) is 5.46. The highest BCUT2D eigenvalue weighted by molar-refractivity contribution is 7.90. The lowest BCUT2D eigenvalue weighted by Crippen LogP contribution is -2.35. The largest absolute Gasteiger partial charge is 0.478 e. The Morgan fingerprint density at radius 3 is 2.17 bits per heavy atom. The van der Waals surface area contributed by atoms with Crippen LogP contribution in [0.25, 0.3) is 0 Å². The first-order valence-electron chi connectivity index (χ1n) is 11.0. The van der Waals surface area contributed by atoms with Crippen molar-refractivity contribution in [2.24, 2.45) is 0 Å². The fraction of sp³-hybridized carbons (Fsp3) is 0.231. The topological polar surface area (TPSA) is 119 Å². The van der Waals surface area contributed by atoms with Crippen LogP contribution in [0.3, 0.4) is 0 Å². The Hall–Kier alpha value is -3.85. The molecule has 0 fully saturated rings. The Bertz CT molecular complexity index is 1350. The van der Waals surface area contributed by atoms with Gasteiger partial charge in [0.15, 0.2) is 11.5 Å². The van der Waals surface area contributed by atoms with E-state index in [-0.39, 0.29) is 29.6 Å². The van der Waals surface area contributed by atoms with Crippen molar-refractivity contribution in [1.29, 1.82) is 0 Å². The maximum Gasteiger partial charge on any atom is 0.335 e. The van der Waals surface area contributed by atoms with Crippen molar-refractivity contribution in [1.82, 2.24) is 4.72 Å². The molecule has 0 aromatic heterocycles. The fourth-order valence-corrected chi connectivity index (χ4v) is 4.82. The summed E-state index contributed by atoms with van der Waals surface area (Å²) in [7, 11) is -4.11. The van der Waals surface area contributed by atoms with Gasteiger partial charge in [0, 0.05) is 0 Å². The van der Waals surface area contributed by atoms with Crippen LogP contribution in [-0.2, 0) is 21.2 Å². The van der Waals surface area contributed by atoms with E-state index in [1.165, 1.54) is 24.3 Å². The summed E-state index contributed by atoms with van der Waals surface area (Å²) in [6, 6.07) is 17.5. The number of rotatable bonds is 8. The molecule has 0 saturated heterocycles. The molecule has 3 aromatic rings. The molecule has 35 heavy (non-hydrogen) atoms. The van der Waals surface area contributed by atoms with E-state index in [0.717, 1.165) is 5.56 Å². The van der Waals surface area contributed by atoms with E-state index in [1.54, 1.807) is 42.5 Å². The zero-order valence-corrected chi connectivity index (χ0v) is 20.0. The van der Waals surface area contributed by atoms with Gasteiger partial charge in [-0.25, -0.2) is 17.9 Å². The van der Waals surface area contributed by atoms with Gasteiger partial charge in [-0.05, 0) is 65.4 Å². The molecule has 9 heteroatoms. The molecule has 4 rings (SSSR count). The minimum atomic E-state index is -4.11. The Morgan fingerprint density at radius 2 is 1.54 bits per heavy atom. The molecule has 1 heterocycles. The number of carboxylic acids is 1. The van der Waals surface area contributed by atoms with Gasteiger partial charge in [0.1, 0.15) is 0 Å². The summed E-state index contributed by atoms with van der Waals surface area (Å²) >= 11 is 0. The zero-order chi connectivity index (χ0) is 25.2. The molecule has 3 aromatic carbocycles. The van der Waals surface area contributed by atoms with Crippen molar-refractivity contribution in [3.8, 4) is 11.5 Å². The summed E-state index contributed by atoms with van der Waals surface area (Å²) in [6.07, 6.45) is 0.146. The smallest absolute Gasteiger partial charge is 0.335 e. The Balaban J connectivity index is 1.63. The van der Waals surface area contributed by atoms with E-state index < -0.39 is 27.8 Å². The maximum atomic E-state index is 13.3. The number of sulfonamides is 1. The molecular formula is C26H25NO7S. The Kier molecular flexibility index (Phi) is 6.79. The second-order valence-corrected chi connectivity index (χ2v) is 10.2. The molecule has 1 unspecified atom stereocenters. The van der Waals surface area contributed by atoms with Gasteiger partial charge in [0.2, 0.25) is 12.7 Å². The number of nitrogens with one attached hydrogen (secondary N) is 1. The first-order chi connectivity index (χ1) is 16.6. The van der Waals surface area contributed by atoms with Crippen LogP contribution in [0.5, 0.6) is 11.5 Å². The second kappa shape index (κ2) is 9.79. The van der Waals surface area contributed by atoms with Gasteiger partial charge < -0.3 is 14.6 Å². The number of hydrogen-bond donors (Lipinski definition) is 2. The van der Waals surface area contributed by atoms with E-state index in [9.17, 15) is 18.0 Å². The van der Waals surface area contributed by atoms with Gasteiger partial charge in [-0.15, -0.1) is 0 Å². The average molecular weight is 496 g/mol. The number of hydrogen-bond acceptors (Lipinski definition) is 6. The molecule has 8 nitrogen and oxygen atoms in total. The van der Waals surface area contributed by atoms with Gasteiger partial charge >= 0.3 is 5.97 Å². The number of carbonyl (C=O) groups is 2. The highest BCUT2D eigenvalue weighted by Crippen LogP contribution is 2.35. The molecule has 0 saturated carbocycles. The fourth-order valence-electron chi connectivity index (χ4n) is 3.81. The van der Waals surface area contributed by atoms with Gasteiger partial charge in [-0.1, -0.05) is 44.2 Å².